The first-order valence-electron chi connectivity index (χ1n) is 8.59. The van der Waals surface area contributed by atoms with Crippen molar-refractivity contribution in [1.82, 2.24) is 19.9 Å². The van der Waals surface area contributed by atoms with Crippen LogP contribution in [0.1, 0.15) is 23.2 Å². The predicted molar refractivity (Wildman–Crippen MR) is 93.9 cm³/mol. The molecule has 1 fully saturated rings. The lowest BCUT2D eigenvalue weighted by Crippen LogP contribution is -2.40. The smallest absolute Gasteiger partial charge is 0.253 e. The number of nitrogens with zero attached hydrogens (tertiary/aromatic N) is 3. The number of carbonyl (C=O) groups excluding carboxylic acids is 1. The molecule has 134 valence electrons. The zero-order valence-corrected chi connectivity index (χ0v) is 14.0. The third kappa shape index (κ3) is 3.30. The van der Waals surface area contributed by atoms with E-state index in [2.05, 4.69) is 15.3 Å². The van der Waals surface area contributed by atoms with Crippen LogP contribution in [-0.4, -0.2) is 37.7 Å². The molecule has 2 heterocycles. The fraction of sp³-hybridized carbons (Fsp3) is 0.316. The van der Waals surface area contributed by atoms with E-state index in [4.69, 9.17) is 0 Å². The van der Waals surface area contributed by atoms with Crippen molar-refractivity contribution >= 4 is 16.8 Å². The molecule has 2 aromatic heterocycles. The lowest BCUT2D eigenvalue weighted by atomic mass is 10.1. The molecule has 1 amide bonds. The van der Waals surface area contributed by atoms with Gasteiger partial charge in [-0.05, 0) is 37.0 Å². The molecule has 0 saturated heterocycles. The van der Waals surface area contributed by atoms with Crippen LogP contribution in [-0.2, 0) is 6.54 Å². The van der Waals surface area contributed by atoms with Crippen LogP contribution in [0.25, 0.3) is 10.9 Å². The molecule has 4 rings (SSSR count). The van der Waals surface area contributed by atoms with Gasteiger partial charge in [-0.15, -0.1) is 0 Å². The number of hydrogen-bond donors (Lipinski definition) is 2. The Morgan fingerprint density at radius 1 is 1.35 bits per heavy atom. The van der Waals surface area contributed by atoms with Crippen molar-refractivity contribution < 1.29 is 14.3 Å². The van der Waals surface area contributed by atoms with Gasteiger partial charge in [-0.25, -0.2) is 9.37 Å². The lowest BCUT2D eigenvalue weighted by Gasteiger charge is -2.17. The minimum Gasteiger partial charge on any atom is -0.391 e. The van der Waals surface area contributed by atoms with Gasteiger partial charge in [0.1, 0.15) is 5.82 Å². The molecular weight excluding hydrogens is 335 g/mol. The summed E-state index contributed by atoms with van der Waals surface area (Å²) in [5.41, 5.74) is 0.639. The second kappa shape index (κ2) is 6.84. The number of carbonyl (C=O) groups is 1. The fourth-order valence-electron chi connectivity index (χ4n) is 3.69. The van der Waals surface area contributed by atoms with E-state index in [1.54, 1.807) is 30.9 Å². The maximum absolute atomic E-state index is 13.9. The van der Waals surface area contributed by atoms with Crippen molar-refractivity contribution in [2.45, 2.75) is 31.5 Å². The normalized spacial score (nSPS) is 22.6. The molecule has 6 nitrogen and oxygen atoms in total. The standard InChI is InChI=1S/C19H19FN4O2/c20-14-8-13-2-1-3-22-18(13)15(9-14)19(26)23-16-6-12(7-17(16)25)10-24-5-4-21-11-24/h1-5,8-9,11-12,16-17,25H,6-7,10H2,(H,23,26)/t12?,16-,17-/m1/s1. The molecule has 26 heavy (non-hydrogen) atoms. The number of amides is 1. The highest BCUT2D eigenvalue weighted by molar-refractivity contribution is 6.05. The number of rotatable bonds is 4. The van der Waals surface area contributed by atoms with Gasteiger partial charge in [0.25, 0.3) is 5.91 Å². The van der Waals surface area contributed by atoms with Gasteiger partial charge < -0.3 is 15.0 Å². The van der Waals surface area contributed by atoms with Gasteiger partial charge in [0.05, 0.1) is 29.6 Å². The average molecular weight is 354 g/mol. The molecule has 3 atom stereocenters. The van der Waals surface area contributed by atoms with Crippen LogP contribution in [0.15, 0.2) is 49.2 Å². The van der Waals surface area contributed by atoms with E-state index >= 15 is 0 Å². The Kier molecular flexibility index (Phi) is 4.38. The summed E-state index contributed by atoms with van der Waals surface area (Å²) in [6.07, 6.45) is 7.54. The second-order valence-electron chi connectivity index (χ2n) is 6.77. The van der Waals surface area contributed by atoms with Crippen LogP contribution in [0.4, 0.5) is 4.39 Å². The Labute approximate surface area is 149 Å². The Hall–Kier alpha value is -2.80. The third-order valence-corrected chi connectivity index (χ3v) is 4.89. The van der Waals surface area contributed by atoms with Gasteiger partial charge in [0.2, 0.25) is 0 Å². The number of aromatic nitrogens is 3. The summed E-state index contributed by atoms with van der Waals surface area (Å²) in [5, 5.41) is 13.7. The summed E-state index contributed by atoms with van der Waals surface area (Å²) < 4.78 is 15.8. The molecule has 1 aromatic carbocycles. The Bertz CT molecular complexity index is 928. The van der Waals surface area contributed by atoms with Gasteiger partial charge in [-0.3, -0.25) is 9.78 Å². The summed E-state index contributed by atoms with van der Waals surface area (Å²) in [5.74, 6) is -0.659. The van der Waals surface area contributed by atoms with E-state index in [1.165, 1.54) is 12.1 Å². The minimum atomic E-state index is -0.625. The van der Waals surface area contributed by atoms with E-state index in [0.717, 1.165) is 6.54 Å². The number of pyridine rings is 1. The van der Waals surface area contributed by atoms with E-state index in [9.17, 15) is 14.3 Å². The van der Waals surface area contributed by atoms with Crippen molar-refractivity contribution in [2.24, 2.45) is 5.92 Å². The zero-order chi connectivity index (χ0) is 18.1. The highest BCUT2D eigenvalue weighted by Gasteiger charge is 2.34. The molecule has 1 aliphatic rings. The van der Waals surface area contributed by atoms with Crippen molar-refractivity contribution in [3.8, 4) is 0 Å². The number of nitrogens with one attached hydrogen (secondary N) is 1. The van der Waals surface area contributed by atoms with Crippen molar-refractivity contribution in [3.05, 3.63) is 60.6 Å². The van der Waals surface area contributed by atoms with Gasteiger partial charge in [-0.2, -0.15) is 0 Å². The molecule has 2 N–H and O–H groups in total. The summed E-state index contributed by atoms with van der Waals surface area (Å²) in [6.45, 7) is 0.744. The molecule has 0 radical (unpaired) electrons. The molecule has 1 unspecified atom stereocenters. The molecule has 1 aliphatic carbocycles. The van der Waals surface area contributed by atoms with Crippen molar-refractivity contribution in [3.63, 3.8) is 0 Å². The van der Waals surface area contributed by atoms with Crippen LogP contribution >= 0.6 is 0 Å². The van der Waals surface area contributed by atoms with E-state index in [-0.39, 0.29) is 17.5 Å². The number of hydrogen-bond acceptors (Lipinski definition) is 4. The number of halogens is 1. The number of benzene rings is 1. The topological polar surface area (TPSA) is 80.0 Å². The maximum Gasteiger partial charge on any atom is 0.253 e. The summed E-state index contributed by atoms with van der Waals surface area (Å²) in [6, 6.07) is 5.59. The van der Waals surface area contributed by atoms with E-state index in [1.807, 2.05) is 10.8 Å². The largest absolute Gasteiger partial charge is 0.391 e. The average Bonchev–Trinajstić information content (AvgIpc) is 3.24. The Morgan fingerprint density at radius 2 is 2.23 bits per heavy atom. The molecule has 3 aromatic rings. The second-order valence-corrected chi connectivity index (χ2v) is 6.77. The van der Waals surface area contributed by atoms with Crippen molar-refractivity contribution in [1.29, 1.82) is 0 Å². The summed E-state index contributed by atoms with van der Waals surface area (Å²) >= 11 is 0. The van der Waals surface area contributed by atoms with E-state index < -0.39 is 17.8 Å². The number of imidazole rings is 1. The van der Waals surface area contributed by atoms with Crippen LogP contribution in [0.3, 0.4) is 0 Å². The van der Waals surface area contributed by atoms with Crippen LogP contribution < -0.4 is 5.32 Å². The van der Waals surface area contributed by atoms with Gasteiger partial charge in [-0.1, -0.05) is 6.07 Å². The quantitative estimate of drug-likeness (QED) is 0.752. The number of fused-ring (bicyclic) bond motifs is 1. The highest BCUT2D eigenvalue weighted by atomic mass is 19.1. The zero-order valence-electron chi connectivity index (χ0n) is 14.0. The Morgan fingerprint density at radius 3 is 3.04 bits per heavy atom. The first-order chi connectivity index (χ1) is 12.6. The molecule has 0 bridgehead atoms. The van der Waals surface area contributed by atoms with Crippen molar-refractivity contribution in [2.75, 3.05) is 0 Å². The molecular formula is C19H19FN4O2. The molecule has 0 aliphatic heterocycles. The molecule has 0 spiro atoms. The monoisotopic (exact) mass is 354 g/mol. The summed E-state index contributed by atoms with van der Waals surface area (Å²) in [7, 11) is 0. The minimum absolute atomic E-state index is 0.186. The van der Waals surface area contributed by atoms with Gasteiger partial charge in [0.15, 0.2) is 0 Å². The van der Waals surface area contributed by atoms with E-state index in [0.29, 0.717) is 23.7 Å². The Balaban J connectivity index is 1.50. The lowest BCUT2D eigenvalue weighted by molar-refractivity contribution is 0.0874. The maximum atomic E-state index is 13.9. The van der Waals surface area contributed by atoms with Gasteiger partial charge >= 0.3 is 0 Å². The molecule has 1 saturated carbocycles. The third-order valence-electron chi connectivity index (χ3n) is 4.89. The SMILES string of the molecule is O=C(N[C@@H]1CC(Cn2ccnc2)C[C@H]1O)c1cc(F)cc2cccnc12. The first-order valence-corrected chi connectivity index (χ1v) is 8.59. The summed E-state index contributed by atoms with van der Waals surface area (Å²) in [4.78, 5) is 20.9. The predicted octanol–water partition coefficient (Wildman–Crippen LogP) is 2.14. The van der Waals surface area contributed by atoms with Crippen LogP contribution in [0.5, 0.6) is 0 Å². The first kappa shape index (κ1) is 16.7. The van der Waals surface area contributed by atoms with Gasteiger partial charge in [0, 0.05) is 30.5 Å². The number of aliphatic hydroxyl groups is 1. The number of aliphatic hydroxyl groups excluding tert-OH is 1. The van der Waals surface area contributed by atoms with Crippen LogP contribution in [0, 0.1) is 11.7 Å². The fourth-order valence-corrected chi connectivity index (χ4v) is 3.69. The molecule has 7 heteroatoms. The van der Waals surface area contributed by atoms with Crippen LogP contribution in [0.2, 0.25) is 0 Å². The highest BCUT2D eigenvalue weighted by Crippen LogP contribution is 2.28.